The van der Waals surface area contributed by atoms with Crippen molar-refractivity contribution in [2.45, 2.75) is 26.2 Å². The summed E-state index contributed by atoms with van der Waals surface area (Å²) in [5.41, 5.74) is 3.97. The van der Waals surface area contributed by atoms with Crippen LogP contribution >= 0.6 is 0 Å². The number of rotatable bonds is 4. The van der Waals surface area contributed by atoms with Crippen molar-refractivity contribution in [3.63, 3.8) is 0 Å². The number of nitrogens with zero attached hydrogens (tertiary/aromatic N) is 3. The molecule has 6 nitrogen and oxygen atoms in total. The first-order chi connectivity index (χ1) is 13.0. The second-order valence-corrected chi connectivity index (χ2v) is 6.89. The van der Waals surface area contributed by atoms with E-state index >= 15 is 0 Å². The lowest BCUT2D eigenvalue weighted by molar-refractivity contribution is -0.117. The summed E-state index contributed by atoms with van der Waals surface area (Å²) >= 11 is 0. The summed E-state index contributed by atoms with van der Waals surface area (Å²) < 4.78 is 10.7. The van der Waals surface area contributed by atoms with E-state index in [4.69, 9.17) is 9.26 Å². The Morgan fingerprint density at radius 3 is 2.85 bits per heavy atom. The summed E-state index contributed by atoms with van der Waals surface area (Å²) in [5.74, 6) is 1.72. The molecule has 2 aromatic carbocycles. The zero-order valence-corrected chi connectivity index (χ0v) is 15.6. The highest BCUT2D eigenvalue weighted by atomic mass is 16.5. The number of carbonyl (C=O) groups excluding carboxylic acids is 1. The first-order valence-corrected chi connectivity index (χ1v) is 8.91. The Labute approximate surface area is 157 Å². The van der Waals surface area contributed by atoms with Crippen molar-refractivity contribution in [2.24, 2.45) is 0 Å². The zero-order chi connectivity index (χ0) is 19.0. The second kappa shape index (κ2) is 6.87. The molecule has 1 aromatic heterocycles. The van der Waals surface area contributed by atoms with E-state index in [0.717, 1.165) is 28.1 Å². The summed E-state index contributed by atoms with van der Waals surface area (Å²) in [4.78, 5) is 19.0. The number of benzene rings is 2. The number of hydrogen-bond acceptors (Lipinski definition) is 5. The molecule has 0 spiro atoms. The maximum absolute atomic E-state index is 12.6. The SMILES string of the molecule is COc1cccc(-c2nc(C3CC(=O)N(c4cc(C)ccc4C)C3)no2)c1. The molecule has 1 amide bonds. The summed E-state index contributed by atoms with van der Waals surface area (Å²) in [6.07, 6.45) is 0.379. The predicted molar refractivity (Wildman–Crippen MR) is 102 cm³/mol. The maximum atomic E-state index is 12.6. The Morgan fingerprint density at radius 1 is 1.19 bits per heavy atom. The standard InChI is InChI=1S/C21H21N3O3/c1-13-7-8-14(2)18(9-13)24-12-16(11-19(24)25)20-22-21(27-23-20)15-5-4-6-17(10-15)26-3/h4-10,16H,11-12H2,1-3H3. The summed E-state index contributed by atoms with van der Waals surface area (Å²) in [7, 11) is 1.62. The number of aromatic nitrogens is 2. The molecule has 1 unspecified atom stereocenters. The lowest BCUT2D eigenvalue weighted by Gasteiger charge is -2.19. The number of aryl methyl sites for hydroxylation is 2. The average Bonchev–Trinajstić information content (AvgIpc) is 3.31. The lowest BCUT2D eigenvalue weighted by atomic mass is 10.1. The van der Waals surface area contributed by atoms with Gasteiger partial charge < -0.3 is 14.2 Å². The molecule has 4 rings (SSSR count). The summed E-state index contributed by atoms with van der Waals surface area (Å²) in [6.45, 7) is 4.60. The highest BCUT2D eigenvalue weighted by molar-refractivity contribution is 5.97. The molecular formula is C21H21N3O3. The fourth-order valence-corrected chi connectivity index (χ4v) is 3.40. The molecule has 1 atom stereocenters. The quantitative estimate of drug-likeness (QED) is 0.703. The Bertz CT molecular complexity index is 996. The van der Waals surface area contributed by atoms with Crippen LogP contribution in [0.25, 0.3) is 11.5 Å². The van der Waals surface area contributed by atoms with Gasteiger partial charge in [-0.05, 0) is 49.2 Å². The number of ether oxygens (including phenoxy) is 1. The number of carbonyl (C=O) groups is 1. The van der Waals surface area contributed by atoms with Crippen molar-refractivity contribution < 1.29 is 14.1 Å². The third-order valence-corrected chi connectivity index (χ3v) is 4.90. The Kier molecular flexibility index (Phi) is 4.39. The summed E-state index contributed by atoms with van der Waals surface area (Å²) in [5, 5.41) is 4.13. The monoisotopic (exact) mass is 363 g/mol. The van der Waals surface area contributed by atoms with E-state index in [9.17, 15) is 4.79 Å². The van der Waals surface area contributed by atoms with Crippen LogP contribution in [0, 0.1) is 13.8 Å². The molecule has 3 aromatic rings. The van der Waals surface area contributed by atoms with Crippen LogP contribution in [-0.2, 0) is 4.79 Å². The Hall–Kier alpha value is -3.15. The molecule has 1 saturated heterocycles. The van der Waals surface area contributed by atoms with Gasteiger partial charge in [-0.2, -0.15) is 4.98 Å². The van der Waals surface area contributed by atoms with Crippen molar-refractivity contribution >= 4 is 11.6 Å². The van der Waals surface area contributed by atoms with E-state index in [-0.39, 0.29) is 11.8 Å². The normalized spacial score (nSPS) is 16.8. The van der Waals surface area contributed by atoms with Gasteiger partial charge in [-0.3, -0.25) is 4.79 Å². The topological polar surface area (TPSA) is 68.5 Å². The van der Waals surface area contributed by atoms with Gasteiger partial charge in [0, 0.05) is 30.1 Å². The van der Waals surface area contributed by atoms with Gasteiger partial charge in [0.25, 0.3) is 5.89 Å². The van der Waals surface area contributed by atoms with E-state index in [2.05, 4.69) is 16.2 Å². The molecule has 0 bridgehead atoms. The third kappa shape index (κ3) is 3.30. The molecule has 2 heterocycles. The highest BCUT2D eigenvalue weighted by Crippen LogP contribution is 2.33. The molecular weight excluding hydrogens is 342 g/mol. The van der Waals surface area contributed by atoms with Crippen LogP contribution in [0.15, 0.2) is 47.0 Å². The minimum atomic E-state index is -0.0829. The molecule has 1 aliphatic rings. The Balaban J connectivity index is 1.58. The smallest absolute Gasteiger partial charge is 0.258 e. The van der Waals surface area contributed by atoms with Gasteiger partial charge in [-0.15, -0.1) is 0 Å². The van der Waals surface area contributed by atoms with Gasteiger partial charge in [0.15, 0.2) is 5.82 Å². The first-order valence-electron chi connectivity index (χ1n) is 8.91. The van der Waals surface area contributed by atoms with Crippen LogP contribution in [0.2, 0.25) is 0 Å². The number of hydrogen-bond donors (Lipinski definition) is 0. The molecule has 0 aliphatic carbocycles. The van der Waals surface area contributed by atoms with Crippen LogP contribution in [0.1, 0.15) is 29.3 Å². The Morgan fingerprint density at radius 2 is 2.04 bits per heavy atom. The van der Waals surface area contributed by atoms with Crippen molar-refractivity contribution in [3.05, 3.63) is 59.4 Å². The second-order valence-electron chi connectivity index (χ2n) is 6.89. The molecule has 0 saturated carbocycles. The van der Waals surface area contributed by atoms with Crippen molar-refractivity contribution in [3.8, 4) is 17.2 Å². The molecule has 0 N–H and O–H groups in total. The molecule has 6 heteroatoms. The third-order valence-electron chi connectivity index (χ3n) is 4.90. The minimum absolute atomic E-state index is 0.0829. The largest absolute Gasteiger partial charge is 0.497 e. The van der Waals surface area contributed by atoms with Gasteiger partial charge in [0.1, 0.15) is 5.75 Å². The van der Waals surface area contributed by atoms with E-state index in [1.807, 2.05) is 55.1 Å². The van der Waals surface area contributed by atoms with E-state index in [1.54, 1.807) is 7.11 Å². The van der Waals surface area contributed by atoms with Gasteiger partial charge in [-0.25, -0.2) is 0 Å². The average molecular weight is 363 g/mol. The lowest BCUT2D eigenvalue weighted by Crippen LogP contribution is -2.25. The predicted octanol–water partition coefficient (Wildman–Crippen LogP) is 3.88. The van der Waals surface area contributed by atoms with Crippen molar-refractivity contribution in [1.82, 2.24) is 10.1 Å². The fourth-order valence-electron chi connectivity index (χ4n) is 3.40. The maximum Gasteiger partial charge on any atom is 0.258 e. The van der Waals surface area contributed by atoms with E-state index in [1.165, 1.54) is 0 Å². The molecule has 0 radical (unpaired) electrons. The molecule has 1 aliphatic heterocycles. The zero-order valence-electron chi connectivity index (χ0n) is 15.6. The minimum Gasteiger partial charge on any atom is -0.497 e. The summed E-state index contributed by atoms with van der Waals surface area (Å²) in [6, 6.07) is 13.6. The number of methoxy groups -OCH3 is 1. The molecule has 138 valence electrons. The highest BCUT2D eigenvalue weighted by Gasteiger charge is 2.35. The van der Waals surface area contributed by atoms with Crippen LogP contribution < -0.4 is 9.64 Å². The van der Waals surface area contributed by atoms with Crippen LogP contribution in [0.4, 0.5) is 5.69 Å². The van der Waals surface area contributed by atoms with Crippen LogP contribution in [-0.4, -0.2) is 29.7 Å². The van der Waals surface area contributed by atoms with Gasteiger partial charge >= 0.3 is 0 Å². The van der Waals surface area contributed by atoms with Crippen LogP contribution in [0.3, 0.4) is 0 Å². The van der Waals surface area contributed by atoms with Crippen LogP contribution in [0.5, 0.6) is 5.75 Å². The van der Waals surface area contributed by atoms with Gasteiger partial charge in [0.05, 0.1) is 7.11 Å². The van der Waals surface area contributed by atoms with Crippen molar-refractivity contribution in [1.29, 1.82) is 0 Å². The van der Waals surface area contributed by atoms with Gasteiger partial charge in [-0.1, -0.05) is 23.4 Å². The molecule has 1 fully saturated rings. The van der Waals surface area contributed by atoms with E-state index in [0.29, 0.717) is 24.7 Å². The van der Waals surface area contributed by atoms with Gasteiger partial charge in [0.2, 0.25) is 5.91 Å². The fraction of sp³-hybridized carbons (Fsp3) is 0.286. The van der Waals surface area contributed by atoms with Crippen molar-refractivity contribution in [2.75, 3.05) is 18.6 Å². The number of amides is 1. The van der Waals surface area contributed by atoms with E-state index < -0.39 is 0 Å². The molecule has 27 heavy (non-hydrogen) atoms. The first kappa shape index (κ1) is 17.3. The number of anilines is 1.